The normalized spacial score (nSPS) is 16.5. The van der Waals surface area contributed by atoms with Gasteiger partial charge in [0.15, 0.2) is 0 Å². The summed E-state index contributed by atoms with van der Waals surface area (Å²) in [6, 6.07) is 11.1. The maximum absolute atomic E-state index is 13.7. The van der Waals surface area contributed by atoms with Crippen LogP contribution in [0.3, 0.4) is 0 Å². The number of alkyl halides is 3. The molecule has 37 heavy (non-hydrogen) atoms. The quantitative estimate of drug-likeness (QED) is 0.133. The van der Waals surface area contributed by atoms with Crippen molar-refractivity contribution < 1.29 is 31.5 Å². The summed E-state index contributed by atoms with van der Waals surface area (Å²) in [5, 5.41) is 6.01. The van der Waals surface area contributed by atoms with E-state index in [0.29, 0.717) is 25.1 Å². The molecule has 0 spiro atoms. The van der Waals surface area contributed by atoms with Crippen molar-refractivity contribution in [3.05, 3.63) is 65.0 Å². The first kappa shape index (κ1) is 29.6. The molecule has 0 amide bonds. The predicted octanol–water partition coefficient (Wildman–Crippen LogP) is 7.21. The molecule has 10 heteroatoms. The van der Waals surface area contributed by atoms with Crippen LogP contribution in [-0.2, 0) is 27.2 Å². The smallest absolute Gasteiger partial charge is 0.385 e. The van der Waals surface area contributed by atoms with E-state index >= 15 is 0 Å². The van der Waals surface area contributed by atoms with Crippen LogP contribution in [0.25, 0.3) is 0 Å². The van der Waals surface area contributed by atoms with Crippen LogP contribution < -0.4 is 10.6 Å². The molecule has 3 N–H and O–H groups in total. The minimum Gasteiger partial charge on any atom is -0.385 e. The molecule has 1 saturated carbocycles. The molecule has 0 heterocycles. The highest BCUT2D eigenvalue weighted by atomic mass is 31.1. The molecule has 0 aliphatic heterocycles. The zero-order valence-electron chi connectivity index (χ0n) is 21.0. The fourth-order valence-corrected chi connectivity index (χ4v) is 5.52. The number of anilines is 1. The van der Waals surface area contributed by atoms with Gasteiger partial charge in [0.05, 0.1) is 12.2 Å². The molecule has 2 aromatic rings. The number of rotatable bonds is 14. The van der Waals surface area contributed by atoms with Gasteiger partial charge in [-0.15, -0.1) is 0 Å². The van der Waals surface area contributed by atoms with Crippen molar-refractivity contribution in [3.8, 4) is 0 Å². The van der Waals surface area contributed by atoms with E-state index in [1.165, 1.54) is 30.2 Å². The molecule has 206 valence electrons. The third-order valence-electron chi connectivity index (χ3n) is 7.11. The average Bonchev–Trinajstić information content (AvgIpc) is 2.86. The van der Waals surface area contributed by atoms with Crippen LogP contribution in [0.4, 0.5) is 23.2 Å². The molecule has 0 radical (unpaired) electrons. The molecule has 0 bridgehead atoms. The first-order valence-electron chi connectivity index (χ1n) is 13.0. The van der Waals surface area contributed by atoms with E-state index in [1.54, 1.807) is 6.07 Å². The maximum atomic E-state index is 13.7. The molecular formula is C27H37F4N2O3P. The van der Waals surface area contributed by atoms with Crippen molar-refractivity contribution >= 4 is 13.9 Å². The topological polar surface area (TPSA) is 70.6 Å². The highest BCUT2D eigenvalue weighted by Crippen LogP contribution is 2.43. The summed E-state index contributed by atoms with van der Waals surface area (Å²) in [6.45, 7) is 1.26. The highest BCUT2D eigenvalue weighted by molar-refractivity contribution is 7.32. The van der Waals surface area contributed by atoms with Gasteiger partial charge in [0, 0.05) is 18.8 Å². The lowest BCUT2D eigenvalue weighted by molar-refractivity contribution is -0.137. The fourth-order valence-electron chi connectivity index (χ4n) is 5.21. The molecule has 2 aromatic carbocycles. The standard InChI is InChI=1S/C27H37F4N2O3P/c28-23-10-8-22(9-11-23)26(13-2-1-3-14-26)15-4-5-17-33-25-12-7-21(19-24(25)27(29,30)31)20-32-16-6-18-36-37(34)35/h7-12,19,32-33,37H,1-6,13-18,20H2,(H,34,35). The number of hydrogen-bond acceptors (Lipinski definition) is 4. The molecule has 5 nitrogen and oxygen atoms in total. The van der Waals surface area contributed by atoms with Crippen LogP contribution in [0.5, 0.6) is 0 Å². The van der Waals surface area contributed by atoms with Gasteiger partial charge in [0.1, 0.15) is 5.82 Å². The van der Waals surface area contributed by atoms with Gasteiger partial charge in [-0.05, 0) is 79.5 Å². The van der Waals surface area contributed by atoms with Gasteiger partial charge in [-0.2, -0.15) is 13.2 Å². The Kier molecular flexibility index (Phi) is 11.4. The van der Waals surface area contributed by atoms with E-state index in [0.717, 1.165) is 51.0 Å². The third-order valence-corrected chi connectivity index (χ3v) is 7.56. The molecular weight excluding hydrogens is 507 g/mol. The van der Waals surface area contributed by atoms with Crippen LogP contribution in [0.1, 0.15) is 74.5 Å². The number of benzene rings is 2. The Morgan fingerprint density at radius 1 is 0.973 bits per heavy atom. The zero-order valence-corrected chi connectivity index (χ0v) is 22.0. The predicted molar refractivity (Wildman–Crippen MR) is 138 cm³/mol. The van der Waals surface area contributed by atoms with Crippen molar-refractivity contribution in [1.29, 1.82) is 0 Å². The molecule has 1 atom stereocenters. The van der Waals surface area contributed by atoms with Gasteiger partial charge in [0.2, 0.25) is 0 Å². The largest absolute Gasteiger partial charge is 0.418 e. The number of hydrogen-bond donors (Lipinski definition) is 3. The lowest BCUT2D eigenvalue weighted by atomic mass is 9.67. The SMILES string of the molecule is O=[PH](O)OCCCNCc1ccc(NCCCCC2(c3ccc(F)cc3)CCCCC2)c(C(F)(F)F)c1. The van der Waals surface area contributed by atoms with Gasteiger partial charge in [-0.3, -0.25) is 4.57 Å². The van der Waals surface area contributed by atoms with Gasteiger partial charge >= 0.3 is 14.4 Å². The summed E-state index contributed by atoms with van der Waals surface area (Å²) in [4.78, 5) is 8.62. The lowest BCUT2D eigenvalue weighted by Gasteiger charge is -2.38. The van der Waals surface area contributed by atoms with Crippen LogP contribution >= 0.6 is 8.25 Å². The van der Waals surface area contributed by atoms with Crippen molar-refractivity contribution in [2.75, 3.05) is 25.0 Å². The average molecular weight is 545 g/mol. The molecule has 1 aliphatic rings. The number of unbranched alkanes of at least 4 members (excludes halogenated alkanes) is 1. The van der Waals surface area contributed by atoms with E-state index in [-0.39, 0.29) is 30.1 Å². The summed E-state index contributed by atoms with van der Waals surface area (Å²) in [5.41, 5.74) is 1.09. The Labute approximate surface area is 217 Å². The van der Waals surface area contributed by atoms with Gasteiger partial charge in [-0.1, -0.05) is 43.9 Å². The van der Waals surface area contributed by atoms with E-state index in [1.807, 2.05) is 12.1 Å². The van der Waals surface area contributed by atoms with Crippen LogP contribution in [0.15, 0.2) is 42.5 Å². The summed E-state index contributed by atoms with van der Waals surface area (Å²) in [6.07, 6.45) is 4.18. The van der Waals surface area contributed by atoms with E-state index in [9.17, 15) is 22.1 Å². The van der Waals surface area contributed by atoms with Crippen molar-refractivity contribution in [2.24, 2.45) is 0 Å². The molecule has 1 aliphatic carbocycles. The number of halogens is 4. The van der Waals surface area contributed by atoms with Gasteiger partial charge in [-0.25, -0.2) is 4.39 Å². The number of nitrogens with one attached hydrogen (secondary N) is 2. The second-order valence-electron chi connectivity index (χ2n) is 9.75. The Bertz CT molecular complexity index is 996. The first-order chi connectivity index (χ1) is 17.7. The Morgan fingerprint density at radius 2 is 1.70 bits per heavy atom. The van der Waals surface area contributed by atoms with E-state index in [2.05, 4.69) is 15.2 Å². The molecule has 3 rings (SSSR count). The minimum atomic E-state index is -4.48. The molecule has 1 unspecified atom stereocenters. The van der Waals surface area contributed by atoms with Crippen LogP contribution in [-0.4, -0.2) is 24.6 Å². The first-order valence-corrected chi connectivity index (χ1v) is 14.2. The summed E-state index contributed by atoms with van der Waals surface area (Å²) >= 11 is 0. The molecule has 1 fully saturated rings. The van der Waals surface area contributed by atoms with Crippen molar-refractivity contribution in [2.45, 2.75) is 75.9 Å². The molecule has 0 aromatic heterocycles. The van der Waals surface area contributed by atoms with Gasteiger partial charge < -0.3 is 20.1 Å². The second kappa shape index (κ2) is 14.3. The monoisotopic (exact) mass is 544 g/mol. The van der Waals surface area contributed by atoms with Gasteiger partial charge in [0.25, 0.3) is 0 Å². The van der Waals surface area contributed by atoms with Crippen molar-refractivity contribution in [1.82, 2.24) is 5.32 Å². The minimum absolute atomic E-state index is 0.0278. The Hall–Kier alpha value is -1.93. The molecule has 0 saturated heterocycles. The van der Waals surface area contributed by atoms with Crippen molar-refractivity contribution in [3.63, 3.8) is 0 Å². The Morgan fingerprint density at radius 3 is 2.38 bits per heavy atom. The highest BCUT2D eigenvalue weighted by Gasteiger charge is 2.34. The fraction of sp³-hybridized carbons (Fsp3) is 0.556. The lowest BCUT2D eigenvalue weighted by Crippen LogP contribution is -2.29. The maximum Gasteiger partial charge on any atom is 0.418 e. The van der Waals surface area contributed by atoms with Crippen LogP contribution in [0.2, 0.25) is 0 Å². The Balaban J connectivity index is 1.51. The summed E-state index contributed by atoms with van der Waals surface area (Å²) in [5.74, 6) is -0.242. The summed E-state index contributed by atoms with van der Waals surface area (Å²) in [7, 11) is -2.96. The summed E-state index contributed by atoms with van der Waals surface area (Å²) < 4.78 is 69.7. The van der Waals surface area contributed by atoms with E-state index < -0.39 is 20.0 Å². The third kappa shape index (κ3) is 9.40. The second-order valence-corrected chi connectivity index (χ2v) is 10.6. The van der Waals surface area contributed by atoms with Crippen LogP contribution in [0, 0.1) is 5.82 Å². The zero-order chi connectivity index (χ0) is 26.7. The van der Waals surface area contributed by atoms with E-state index in [4.69, 9.17) is 4.89 Å².